The standard InChI is InChI=1S/C34H42F2N3O6P.C29H32F2N3O7P.C25H25N3O2.C9H18BrF2O4P.C3H9BrSi/c1-5-44-46(41,45-6-2)34(35,36)15-16-42-17-18-43-28-13-12-27(23(3)19-28)11-9-26-20-30-29-14-10-25(8-7-24(4)40)21-31(29)39-33(37)32(30)38-22-26;1-18-14-22(41-13-12-40-11-10-29(30,31)42(37,38)39)7-6-21(18)5-2-20-15-24-23-8-3-19(4-9-26(35)36)16-25(23)34-28(32)27(24)33-17-20;1-15-11-20(30)9-8-19(15)7-5-18-12-22-21-10-6-17(4-3-16(2)29)13-23(21)28-25(26)24(22)27-14-18;1-3-15-17(13,16-4-2)9(11,12)5-7-14-8-6-10;1-5(2,3)4/h10,12-14,19-22H,5-9,11,15-18H2,1-4H3,(H2,37,39);3,6-8,14-17H,2,4-5,9-13H2,1H3,(H2,32,34)(H,35,36)(H2,37,38,39);6,8-14,30H,3-5,7H2,1-2H3,(H2,26,28);3-8H2,1-2H3;1-3H3. The number of fused-ring (bicyclic) bond motifs is 9. The number of benzene rings is 6. The zero-order valence-corrected chi connectivity index (χ0v) is 87.7. The van der Waals surface area contributed by atoms with Crippen molar-refractivity contribution < 1.29 is 116 Å². The highest BCUT2D eigenvalue weighted by molar-refractivity contribution is 9.26. The van der Waals surface area contributed by atoms with Gasteiger partial charge in [0.05, 0.1) is 82.6 Å². The summed E-state index contributed by atoms with van der Waals surface area (Å²) in [5.74, 6) is 2.11. The molecule has 0 saturated carbocycles. The summed E-state index contributed by atoms with van der Waals surface area (Å²) in [7, 11) is -14.5. The van der Waals surface area contributed by atoms with Crippen molar-refractivity contribution in [3.8, 4) is 17.2 Å². The van der Waals surface area contributed by atoms with Gasteiger partial charge in [0.25, 0.3) is 0 Å². The van der Waals surface area contributed by atoms with Crippen molar-refractivity contribution in [2.75, 3.05) is 102 Å². The van der Waals surface area contributed by atoms with Gasteiger partial charge in [-0.05, 0) is 260 Å². The fourth-order valence-corrected chi connectivity index (χ4v) is 18.2. The second kappa shape index (κ2) is 54.3. The molecular weight excluding hydrogens is 2030 g/mol. The molecule has 6 aromatic carbocycles. The molecule has 760 valence electrons. The summed E-state index contributed by atoms with van der Waals surface area (Å²) in [5.41, 5.74) is 24.5. The SMILES string of the molecule is CC(=O)CCc1ccc2c(c1)nc(N)c1ncc(CCc3ccc(O)cc3C)cc12.CCOP(=O)(OCC)C(F)(F)CCOCCBr.CCOP(=O)(OCC)C(F)(F)CCOCCOc1ccc(CCc2cnc3c(N)nc4cc(CCC(C)=O)ccc4c3c2)c(C)c1.C[Si](C)(C)Br.Cc1cc(OCCOCCC(F)(F)P(=O)(O)O)ccc1CCc1cnc2c(N)nc3cc(CCC(=O)O)ccc3c2c1. The molecule has 40 heteroatoms. The summed E-state index contributed by atoms with van der Waals surface area (Å²) < 4.78 is 163. The van der Waals surface area contributed by atoms with Gasteiger partial charge in [-0.1, -0.05) is 90.2 Å². The van der Waals surface area contributed by atoms with Crippen molar-refractivity contribution in [1.82, 2.24) is 29.9 Å². The van der Waals surface area contributed by atoms with Crippen LogP contribution < -0.4 is 26.7 Å². The van der Waals surface area contributed by atoms with Gasteiger partial charge >= 0.3 is 45.7 Å². The quantitative estimate of drug-likeness (QED) is 0.00354. The lowest BCUT2D eigenvalue weighted by Crippen LogP contribution is -2.23. The Kier molecular flexibility index (Phi) is 44.8. The molecule has 0 fully saturated rings. The molecule has 0 spiro atoms. The van der Waals surface area contributed by atoms with Crippen LogP contribution in [0.1, 0.15) is 147 Å². The predicted octanol–water partition coefficient (Wildman–Crippen LogP) is 23.2. The molecule has 0 aliphatic carbocycles. The second-order valence-electron chi connectivity index (χ2n) is 34.1. The third-order valence-corrected chi connectivity index (χ3v) is 27.6. The number of alkyl halides is 7. The molecule has 0 atom stereocenters. The van der Waals surface area contributed by atoms with Crippen LogP contribution in [0.4, 0.5) is 43.8 Å². The Morgan fingerprint density at radius 2 is 0.721 bits per heavy atom. The zero-order valence-electron chi connectivity index (χ0n) is 80.8. The van der Waals surface area contributed by atoms with E-state index in [1.165, 1.54) is 33.3 Å². The normalized spacial score (nSPS) is 12.1. The number of carbonyl (C=O) groups is 3. The number of hydrogen-bond donors (Lipinski definition) is 7. The Morgan fingerprint density at radius 1 is 0.407 bits per heavy atom. The Bertz CT molecular complexity index is 6350. The summed E-state index contributed by atoms with van der Waals surface area (Å²) in [6.07, 6.45) is 10.5. The Balaban J connectivity index is 0.000000235. The number of nitrogen functional groups attached to an aromatic ring is 3. The van der Waals surface area contributed by atoms with Crippen LogP contribution in [0, 0.1) is 20.8 Å². The monoisotopic (exact) mass is 2150 g/mol. The van der Waals surface area contributed by atoms with E-state index in [1.54, 1.807) is 32.2 Å². The third-order valence-electron chi connectivity index (χ3n) is 21.8. The highest BCUT2D eigenvalue weighted by atomic mass is 79.9. The number of anilines is 3. The minimum Gasteiger partial charge on any atom is -0.508 e. The maximum Gasteiger partial charge on any atom is 0.399 e. The van der Waals surface area contributed by atoms with E-state index in [-0.39, 0.29) is 84.1 Å². The van der Waals surface area contributed by atoms with Gasteiger partial charge in [-0.3, -0.25) is 33.4 Å². The van der Waals surface area contributed by atoms with Gasteiger partial charge in [0, 0.05) is 94.8 Å². The number of ketones is 2. The summed E-state index contributed by atoms with van der Waals surface area (Å²) in [6.45, 7) is 20.3. The molecule has 6 heterocycles. The van der Waals surface area contributed by atoms with Crippen LogP contribution in [0.3, 0.4) is 0 Å². The van der Waals surface area contributed by atoms with E-state index in [0.29, 0.717) is 101 Å². The summed E-state index contributed by atoms with van der Waals surface area (Å²) in [5, 5.41) is 24.8. The number of halogens is 8. The molecule has 140 heavy (non-hydrogen) atoms. The van der Waals surface area contributed by atoms with Crippen molar-refractivity contribution in [3.63, 3.8) is 0 Å². The molecule has 12 rings (SSSR count). The highest BCUT2D eigenvalue weighted by Crippen LogP contribution is 2.64. The van der Waals surface area contributed by atoms with Crippen LogP contribution in [0.2, 0.25) is 19.6 Å². The van der Waals surface area contributed by atoms with Gasteiger partial charge < -0.3 is 88.6 Å². The molecule has 0 aliphatic heterocycles. The van der Waals surface area contributed by atoms with E-state index in [1.807, 2.05) is 118 Å². The molecule has 0 unspecified atom stereocenters. The molecular formula is C100H126Br2F6N9O19P3Si. The van der Waals surface area contributed by atoms with Gasteiger partial charge in [-0.15, -0.1) is 15.3 Å². The number of rotatable bonds is 48. The van der Waals surface area contributed by atoms with Crippen LogP contribution >= 0.6 is 54.0 Å². The number of nitrogens with two attached hydrogens (primary N) is 3. The van der Waals surface area contributed by atoms with Crippen LogP contribution in [-0.2, 0) is 118 Å². The number of phenolic OH excluding ortho intramolecular Hbond substituents is 1. The molecule has 6 aromatic heterocycles. The van der Waals surface area contributed by atoms with E-state index in [4.69, 9.17) is 64.8 Å². The Morgan fingerprint density at radius 3 is 1.02 bits per heavy atom. The Hall–Kier alpha value is -9.52. The number of aromatic nitrogens is 6. The zero-order chi connectivity index (χ0) is 103. The largest absolute Gasteiger partial charge is 0.508 e. The van der Waals surface area contributed by atoms with Crippen molar-refractivity contribution in [2.24, 2.45) is 0 Å². The lowest BCUT2D eigenvalue weighted by molar-refractivity contribution is -0.137. The first kappa shape index (κ1) is 116. The molecule has 28 nitrogen and oxygen atoms in total. The molecule has 0 saturated heterocycles. The lowest BCUT2D eigenvalue weighted by atomic mass is 9.99. The minimum atomic E-state index is -5.51. The summed E-state index contributed by atoms with van der Waals surface area (Å²) in [6, 6.07) is 41.1. The molecule has 10 N–H and O–H groups in total. The van der Waals surface area contributed by atoms with Crippen LogP contribution in [0.25, 0.3) is 65.4 Å². The average molecular weight is 2150 g/mol. The molecule has 0 amide bonds. The maximum absolute atomic E-state index is 14.4. The Labute approximate surface area is 829 Å². The summed E-state index contributed by atoms with van der Waals surface area (Å²) >= 11 is 6.62. The number of aliphatic carboxylic acids is 1. The van der Waals surface area contributed by atoms with Gasteiger partial charge in [-0.2, -0.15) is 26.3 Å². The van der Waals surface area contributed by atoms with Crippen molar-refractivity contribution in [2.45, 2.75) is 195 Å². The van der Waals surface area contributed by atoms with E-state index in [9.17, 15) is 59.5 Å². The van der Waals surface area contributed by atoms with Gasteiger partial charge in [0.15, 0.2) is 17.5 Å². The van der Waals surface area contributed by atoms with Gasteiger partial charge in [0.2, 0.25) is 0 Å². The first-order valence-corrected chi connectivity index (χ1v) is 57.5. The number of Topliss-reactive ketones (excluding diaryl/α,β-unsaturated/α-hetero) is 2. The summed E-state index contributed by atoms with van der Waals surface area (Å²) in [4.78, 5) is 78.3. The number of aryl methyl sites for hydroxylation is 12. The number of carboxylic acids is 1. The smallest absolute Gasteiger partial charge is 0.399 e. The van der Waals surface area contributed by atoms with Crippen molar-refractivity contribution in [3.05, 3.63) is 213 Å². The van der Waals surface area contributed by atoms with Crippen LogP contribution in [0.15, 0.2) is 146 Å². The highest BCUT2D eigenvalue weighted by Gasteiger charge is 2.54. The van der Waals surface area contributed by atoms with E-state index in [0.717, 1.165) is 143 Å². The van der Waals surface area contributed by atoms with Crippen LogP contribution in [0.5, 0.6) is 17.2 Å². The number of phenols is 1. The fraction of sp³-hybridized carbons (Fsp3) is 0.430. The van der Waals surface area contributed by atoms with Gasteiger partial charge in [0.1, 0.15) is 65.3 Å². The minimum absolute atomic E-state index is 0.00857. The molecule has 0 aliphatic rings. The van der Waals surface area contributed by atoms with Gasteiger partial charge in [-0.25, -0.2) is 15.0 Å². The number of aromatic hydroxyl groups is 1. The number of carboxylic acid groups (broad SMARTS) is 1. The molecule has 12 aromatic rings. The first-order chi connectivity index (χ1) is 66.1. The fourth-order valence-electron chi connectivity index (χ4n) is 14.6. The van der Waals surface area contributed by atoms with E-state index >= 15 is 0 Å². The van der Waals surface area contributed by atoms with Crippen LogP contribution in [-0.4, -0.2) is 176 Å². The number of hydrogen-bond acceptors (Lipinski definition) is 25. The lowest BCUT2D eigenvalue weighted by Gasteiger charge is -2.25. The van der Waals surface area contributed by atoms with E-state index < -0.39 is 78.3 Å². The van der Waals surface area contributed by atoms with E-state index in [2.05, 4.69) is 120 Å². The number of carbonyl (C=O) groups excluding carboxylic acids is 2. The molecule has 0 radical (unpaired) electrons. The topological polar surface area (TPSA) is 422 Å². The number of ether oxygens (including phenoxy) is 5. The molecule has 0 bridgehead atoms. The first-order valence-electron chi connectivity index (χ1n) is 45.9. The number of pyridine rings is 6. The number of nitrogens with zero attached hydrogens (tertiary/aromatic N) is 6. The van der Waals surface area contributed by atoms with Crippen molar-refractivity contribution >= 4 is 161 Å². The second-order valence-corrected chi connectivity index (χ2v) is 52.2. The van der Waals surface area contributed by atoms with Crippen molar-refractivity contribution in [1.29, 1.82) is 0 Å². The third kappa shape index (κ3) is 35.2. The predicted molar refractivity (Wildman–Crippen MR) is 548 cm³/mol. The maximum atomic E-state index is 14.4. The average Bonchev–Trinajstić information content (AvgIpc) is 0.773.